The highest BCUT2D eigenvalue weighted by Gasteiger charge is 2.17. The van der Waals surface area contributed by atoms with Gasteiger partial charge in [-0.25, -0.2) is 4.98 Å². The van der Waals surface area contributed by atoms with Gasteiger partial charge in [-0.15, -0.1) is 10.2 Å². The lowest BCUT2D eigenvalue weighted by Gasteiger charge is -1.98. The van der Waals surface area contributed by atoms with Gasteiger partial charge in [-0.1, -0.05) is 23.8 Å². The normalized spacial score (nSPS) is 11.2. The van der Waals surface area contributed by atoms with E-state index in [9.17, 15) is 0 Å². The summed E-state index contributed by atoms with van der Waals surface area (Å²) < 4.78 is 7.84. The van der Waals surface area contributed by atoms with Crippen LogP contribution in [0.1, 0.15) is 11.3 Å². The Morgan fingerprint density at radius 1 is 0.955 bits per heavy atom. The average Bonchev–Trinajstić information content (AvgIpc) is 3.10. The van der Waals surface area contributed by atoms with Crippen molar-refractivity contribution in [2.75, 3.05) is 0 Å². The van der Waals surface area contributed by atoms with Gasteiger partial charge in [0.25, 0.3) is 5.89 Å². The van der Waals surface area contributed by atoms with E-state index in [0.717, 1.165) is 28.2 Å². The number of pyridine rings is 1. The number of hydrogen-bond donors (Lipinski definition) is 0. The molecule has 5 nitrogen and oxygen atoms in total. The number of fused-ring (bicyclic) bond motifs is 1. The molecule has 0 unspecified atom stereocenters. The van der Waals surface area contributed by atoms with E-state index < -0.39 is 0 Å². The molecule has 0 saturated heterocycles. The number of aromatic nitrogens is 4. The first kappa shape index (κ1) is 12.8. The monoisotopic (exact) mass is 290 g/mol. The summed E-state index contributed by atoms with van der Waals surface area (Å²) in [5.74, 6) is 0.997. The predicted octanol–water partition coefficient (Wildman–Crippen LogP) is 3.67. The van der Waals surface area contributed by atoms with Crippen LogP contribution in [-0.2, 0) is 0 Å². The second-order valence-corrected chi connectivity index (χ2v) is 5.26. The minimum absolute atomic E-state index is 0.479. The summed E-state index contributed by atoms with van der Waals surface area (Å²) in [6.07, 6.45) is 1.95. The van der Waals surface area contributed by atoms with E-state index in [-0.39, 0.29) is 0 Å². The molecule has 0 amide bonds. The lowest BCUT2D eigenvalue weighted by atomic mass is 10.1. The smallest absolute Gasteiger partial charge is 0.266 e. The van der Waals surface area contributed by atoms with E-state index in [1.54, 1.807) is 0 Å². The third-order valence-corrected chi connectivity index (χ3v) is 3.60. The third-order valence-electron chi connectivity index (χ3n) is 3.60. The Labute approximate surface area is 127 Å². The van der Waals surface area contributed by atoms with Gasteiger partial charge in [-0.05, 0) is 38.1 Å². The molecule has 22 heavy (non-hydrogen) atoms. The van der Waals surface area contributed by atoms with Crippen molar-refractivity contribution in [1.29, 1.82) is 0 Å². The SMILES string of the molecule is Cc1cccc(-c2nnc(-c3c(C)nc4ccccn34)o2)c1. The first-order valence-corrected chi connectivity index (χ1v) is 7.07. The topological polar surface area (TPSA) is 56.2 Å². The van der Waals surface area contributed by atoms with E-state index in [0.29, 0.717) is 11.8 Å². The van der Waals surface area contributed by atoms with Crippen LogP contribution in [0.2, 0.25) is 0 Å². The summed E-state index contributed by atoms with van der Waals surface area (Å²) in [7, 11) is 0. The maximum atomic E-state index is 5.87. The van der Waals surface area contributed by atoms with E-state index >= 15 is 0 Å². The molecule has 0 spiro atoms. The second kappa shape index (κ2) is 4.80. The molecule has 0 aliphatic heterocycles. The molecule has 108 valence electrons. The highest BCUT2D eigenvalue weighted by atomic mass is 16.4. The van der Waals surface area contributed by atoms with Crippen LogP contribution in [0.3, 0.4) is 0 Å². The van der Waals surface area contributed by atoms with Crippen molar-refractivity contribution in [3.63, 3.8) is 0 Å². The molecule has 0 aliphatic carbocycles. The molecule has 0 fully saturated rings. The Kier molecular flexibility index (Phi) is 2.79. The van der Waals surface area contributed by atoms with Gasteiger partial charge in [0.1, 0.15) is 11.3 Å². The van der Waals surface area contributed by atoms with Crippen LogP contribution >= 0.6 is 0 Å². The summed E-state index contributed by atoms with van der Waals surface area (Å²) in [5.41, 5.74) is 4.64. The van der Waals surface area contributed by atoms with Crippen LogP contribution in [0.5, 0.6) is 0 Å². The van der Waals surface area contributed by atoms with Gasteiger partial charge in [-0.3, -0.25) is 4.40 Å². The van der Waals surface area contributed by atoms with Crippen molar-refractivity contribution in [3.8, 4) is 23.0 Å². The average molecular weight is 290 g/mol. The Morgan fingerprint density at radius 3 is 2.68 bits per heavy atom. The van der Waals surface area contributed by atoms with Crippen LogP contribution in [-0.4, -0.2) is 19.6 Å². The number of hydrogen-bond acceptors (Lipinski definition) is 4. The number of nitrogens with zero attached hydrogens (tertiary/aromatic N) is 4. The van der Waals surface area contributed by atoms with Crippen LogP contribution in [0.4, 0.5) is 0 Å². The summed E-state index contributed by atoms with van der Waals surface area (Å²) in [5, 5.41) is 8.37. The molecule has 1 aromatic carbocycles. The molecule has 4 rings (SSSR count). The van der Waals surface area contributed by atoms with Crippen molar-refractivity contribution in [1.82, 2.24) is 19.6 Å². The van der Waals surface area contributed by atoms with Crippen LogP contribution < -0.4 is 0 Å². The van der Waals surface area contributed by atoms with Crippen LogP contribution in [0.15, 0.2) is 53.1 Å². The fourth-order valence-electron chi connectivity index (χ4n) is 2.58. The van der Waals surface area contributed by atoms with E-state index in [2.05, 4.69) is 15.2 Å². The highest BCUT2D eigenvalue weighted by molar-refractivity contribution is 5.62. The van der Waals surface area contributed by atoms with Gasteiger partial charge < -0.3 is 4.42 Å². The Hall–Kier alpha value is -2.95. The Bertz CT molecular complexity index is 968. The molecular formula is C17H14N4O. The largest absolute Gasteiger partial charge is 0.415 e. The number of imidazole rings is 1. The molecule has 0 N–H and O–H groups in total. The van der Waals surface area contributed by atoms with Crippen molar-refractivity contribution in [2.24, 2.45) is 0 Å². The molecule has 4 aromatic rings. The minimum Gasteiger partial charge on any atom is -0.415 e. The number of aryl methyl sites for hydroxylation is 2. The van der Waals surface area contributed by atoms with Gasteiger partial charge in [0.2, 0.25) is 5.89 Å². The maximum Gasteiger partial charge on any atom is 0.266 e. The highest BCUT2D eigenvalue weighted by Crippen LogP contribution is 2.27. The van der Waals surface area contributed by atoms with Gasteiger partial charge in [0.05, 0.1) is 5.69 Å². The fourth-order valence-corrected chi connectivity index (χ4v) is 2.58. The van der Waals surface area contributed by atoms with E-state index in [1.165, 1.54) is 0 Å². The zero-order valence-electron chi connectivity index (χ0n) is 12.3. The zero-order valence-corrected chi connectivity index (χ0v) is 12.3. The first-order valence-electron chi connectivity index (χ1n) is 7.07. The zero-order chi connectivity index (χ0) is 15.1. The van der Waals surface area contributed by atoms with Gasteiger partial charge in [0.15, 0.2) is 0 Å². The van der Waals surface area contributed by atoms with E-state index in [4.69, 9.17) is 4.42 Å². The molecule has 0 saturated carbocycles. The summed E-state index contributed by atoms with van der Waals surface area (Å²) in [6, 6.07) is 13.9. The molecule has 0 aliphatic rings. The van der Waals surface area contributed by atoms with Crippen molar-refractivity contribution in [3.05, 3.63) is 59.9 Å². The second-order valence-electron chi connectivity index (χ2n) is 5.26. The number of benzene rings is 1. The number of rotatable bonds is 2. The van der Waals surface area contributed by atoms with Gasteiger partial charge in [-0.2, -0.15) is 0 Å². The molecular weight excluding hydrogens is 276 g/mol. The first-order chi connectivity index (χ1) is 10.7. The third kappa shape index (κ3) is 1.98. The maximum absolute atomic E-state index is 5.87. The van der Waals surface area contributed by atoms with Crippen LogP contribution in [0.25, 0.3) is 28.7 Å². The Morgan fingerprint density at radius 2 is 1.82 bits per heavy atom. The quantitative estimate of drug-likeness (QED) is 0.565. The van der Waals surface area contributed by atoms with Gasteiger partial charge >= 0.3 is 0 Å². The van der Waals surface area contributed by atoms with Gasteiger partial charge in [0, 0.05) is 11.8 Å². The molecule has 3 heterocycles. The van der Waals surface area contributed by atoms with Crippen molar-refractivity contribution < 1.29 is 4.42 Å². The van der Waals surface area contributed by atoms with Crippen molar-refractivity contribution in [2.45, 2.75) is 13.8 Å². The Balaban J connectivity index is 1.85. The molecule has 3 aromatic heterocycles. The van der Waals surface area contributed by atoms with Crippen LogP contribution in [0, 0.1) is 13.8 Å². The van der Waals surface area contributed by atoms with E-state index in [1.807, 2.05) is 66.9 Å². The summed E-state index contributed by atoms with van der Waals surface area (Å²) in [6.45, 7) is 3.98. The molecule has 5 heteroatoms. The molecule has 0 atom stereocenters. The lowest BCUT2D eigenvalue weighted by molar-refractivity contribution is 0.581. The molecule has 0 radical (unpaired) electrons. The molecule has 0 bridgehead atoms. The standard InChI is InChI=1S/C17H14N4O/c1-11-6-5-7-13(10-11)16-19-20-17(22-16)15-12(2)18-14-8-3-4-9-21(14)15/h3-10H,1-2H3. The minimum atomic E-state index is 0.479. The van der Waals surface area contributed by atoms with Crippen molar-refractivity contribution >= 4 is 5.65 Å². The predicted molar refractivity (Wildman–Crippen MR) is 83.4 cm³/mol. The fraction of sp³-hybridized carbons (Fsp3) is 0.118. The lowest BCUT2D eigenvalue weighted by Crippen LogP contribution is -1.88. The summed E-state index contributed by atoms with van der Waals surface area (Å²) >= 11 is 0. The summed E-state index contributed by atoms with van der Waals surface area (Å²) in [4.78, 5) is 4.52.